The van der Waals surface area contributed by atoms with E-state index in [1.54, 1.807) is 0 Å². The second kappa shape index (κ2) is 11.8. The molecule has 0 amide bonds. The monoisotopic (exact) mass is 700 g/mol. The smallest absolute Gasteiger partial charge is 0.187 e. The Labute approximate surface area is 315 Å². The van der Waals surface area contributed by atoms with Crippen LogP contribution in [0, 0.1) is 17.9 Å². The van der Waals surface area contributed by atoms with Crippen molar-refractivity contribution in [1.29, 1.82) is 5.26 Å². The standard InChI is InChI=1S/C50H28N4O/c1-52-36-21-19-33(20-22-36)35-27-34(32-17-15-31(30-51)16-18-32)28-38(29-35)53-43-13-7-5-12-41(43)47-44(53)26-24-42-48-45(54(49(42)47)37-9-3-2-4-10-37)25-23-40-39-11-6-8-14-46(39)55-50(40)48/h2-29H. The summed E-state index contributed by atoms with van der Waals surface area (Å²) in [5.74, 6) is 0. The van der Waals surface area contributed by atoms with Gasteiger partial charge in [0.25, 0.3) is 0 Å². The van der Waals surface area contributed by atoms with Crippen LogP contribution in [0.1, 0.15) is 5.56 Å². The molecule has 254 valence electrons. The number of furan rings is 1. The van der Waals surface area contributed by atoms with Crippen molar-refractivity contribution >= 4 is 71.2 Å². The van der Waals surface area contributed by atoms with E-state index in [0.717, 1.165) is 99.2 Å². The Hall–Kier alpha value is -7.86. The van der Waals surface area contributed by atoms with Crippen LogP contribution in [-0.2, 0) is 0 Å². The fourth-order valence-electron chi connectivity index (χ4n) is 8.48. The summed E-state index contributed by atoms with van der Waals surface area (Å²) in [6.07, 6.45) is 0. The summed E-state index contributed by atoms with van der Waals surface area (Å²) in [5, 5.41) is 16.3. The first-order valence-electron chi connectivity index (χ1n) is 18.2. The van der Waals surface area contributed by atoms with Crippen LogP contribution in [0.5, 0.6) is 0 Å². The van der Waals surface area contributed by atoms with Crippen LogP contribution in [0.15, 0.2) is 174 Å². The molecule has 3 aromatic heterocycles. The third kappa shape index (κ3) is 4.58. The third-order valence-electron chi connectivity index (χ3n) is 10.9. The Morgan fingerprint density at radius 1 is 0.491 bits per heavy atom. The van der Waals surface area contributed by atoms with E-state index in [0.29, 0.717) is 11.3 Å². The van der Waals surface area contributed by atoms with E-state index in [9.17, 15) is 5.26 Å². The maximum atomic E-state index is 9.52. The normalized spacial score (nSPS) is 11.6. The minimum Gasteiger partial charge on any atom is -0.455 e. The minimum atomic E-state index is 0.604. The van der Waals surface area contributed by atoms with E-state index in [1.165, 1.54) is 0 Å². The zero-order valence-corrected chi connectivity index (χ0v) is 29.4. The minimum absolute atomic E-state index is 0.604. The largest absolute Gasteiger partial charge is 0.455 e. The van der Waals surface area contributed by atoms with E-state index < -0.39 is 0 Å². The summed E-state index contributed by atoms with van der Waals surface area (Å²) in [7, 11) is 0. The Kier molecular flexibility index (Phi) is 6.61. The average Bonchev–Trinajstić information content (AvgIpc) is 3.91. The predicted octanol–water partition coefficient (Wildman–Crippen LogP) is 13.5. The van der Waals surface area contributed by atoms with E-state index in [4.69, 9.17) is 11.0 Å². The highest BCUT2D eigenvalue weighted by Crippen LogP contribution is 2.46. The van der Waals surface area contributed by atoms with E-state index >= 15 is 0 Å². The number of hydrogen-bond donors (Lipinski definition) is 0. The molecule has 55 heavy (non-hydrogen) atoms. The first kappa shape index (κ1) is 30.7. The second-order valence-electron chi connectivity index (χ2n) is 13.9. The molecular weight excluding hydrogens is 673 g/mol. The SMILES string of the molecule is [C-]#[N+]c1ccc(-c2cc(-c3ccc(C#N)cc3)cc(-n3c4ccccc4c4c3ccc3c5c6oc7ccccc7c6ccc5n(-c5ccccc5)c34)c2)cc1. The van der Waals surface area contributed by atoms with Crippen molar-refractivity contribution < 1.29 is 4.42 Å². The van der Waals surface area contributed by atoms with Gasteiger partial charge in [-0.2, -0.15) is 5.26 Å². The summed E-state index contributed by atoms with van der Waals surface area (Å²) in [4.78, 5) is 3.62. The molecule has 0 aliphatic rings. The Bertz CT molecular complexity index is 3350. The van der Waals surface area contributed by atoms with Crippen molar-refractivity contribution in [1.82, 2.24) is 9.13 Å². The topological polar surface area (TPSA) is 51.1 Å². The summed E-state index contributed by atoms with van der Waals surface area (Å²) in [5.41, 5.74) is 13.6. The van der Waals surface area contributed by atoms with Gasteiger partial charge >= 0.3 is 0 Å². The molecule has 0 bridgehead atoms. The van der Waals surface area contributed by atoms with Gasteiger partial charge in [-0.25, -0.2) is 4.85 Å². The lowest BCUT2D eigenvalue weighted by Crippen LogP contribution is -1.97. The van der Waals surface area contributed by atoms with Gasteiger partial charge in [-0.3, -0.25) is 0 Å². The van der Waals surface area contributed by atoms with Crippen LogP contribution in [-0.4, -0.2) is 9.13 Å². The lowest BCUT2D eigenvalue weighted by Gasteiger charge is -2.14. The number of para-hydroxylation sites is 3. The van der Waals surface area contributed by atoms with E-state index in [-0.39, 0.29) is 0 Å². The van der Waals surface area contributed by atoms with Gasteiger partial charge in [-0.15, -0.1) is 0 Å². The van der Waals surface area contributed by atoms with Crippen molar-refractivity contribution in [3.8, 4) is 39.7 Å². The molecule has 0 saturated carbocycles. The van der Waals surface area contributed by atoms with Crippen LogP contribution >= 0.6 is 0 Å². The quantitative estimate of drug-likeness (QED) is 0.172. The molecule has 11 rings (SSSR count). The van der Waals surface area contributed by atoms with Crippen LogP contribution in [0.4, 0.5) is 5.69 Å². The van der Waals surface area contributed by atoms with Crippen LogP contribution in [0.3, 0.4) is 0 Å². The average molecular weight is 701 g/mol. The van der Waals surface area contributed by atoms with Gasteiger partial charge in [-0.05, 0) is 101 Å². The van der Waals surface area contributed by atoms with Crippen molar-refractivity contribution in [3.05, 3.63) is 187 Å². The van der Waals surface area contributed by atoms with Crippen LogP contribution in [0.2, 0.25) is 0 Å². The van der Waals surface area contributed by atoms with E-state index in [2.05, 4.69) is 129 Å². The maximum Gasteiger partial charge on any atom is 0.187 e. The predicted molar refractivity (Wildman–Crippen MR) is 224 cm³/mol. The highest BCUT2D eigenvalue weighted by molar-refractivity contribution is 6.31. The lowest BCUT2D eigenvalue weighted by atomic mass is 9.97. The van der Waals surface area contributed by atoms with Crippen LogP contribution in [0.25, 0.3) is 104 Å². The van der Waals surface area contributed by atoms with Gasteiger partial charge in [0.1, 0.15) is 11.2 Å². The zero-order chi connectivity index (χ0) is 36.6. The van der Waals surface area contributed by atoms with Gasteiger partial charge in [0.05, 0.1) is 45.7 Å². The number of nitrogens with zero attached hydrogens (tertiary/aromatic N) is 4. The molecular formula is C50H28N4O. The number of fused-ring (bicyclic) bond motifs is 11. The molecule has 0 aliphatic heterocycles. The molecule has 0 saturated heterocycles. The third-order valence-corrected chi connectivity index (χ3v) is 10.9. The van der Waals surface area contributed by atoms with Crippen molar-refractivity contribution in [3.63, 3.8) is 0 Å². The molecule has 3 heterocycles. The second-order valence-corrected chi connectivity index (χ2v) is 13.9. The van der Waals surface area contributed by atoms with Gasteiger partial charge in [0.2, 0.25) is 0 Å². The van der Waals surface area contributed by atoms with Crippen molar-refractivity contribution in [2.24, 2.45) is 0 Å². The maximum absolute atomic E-state index is 9.52. The molecule has 0 atom stereocenters. The van der Waals surface area contributed by atoms with Crippen LogP contribution < -0.4 is 0 Å². The lowest BCUT2D eigenvalue weighted by molar-refractivity contribution is 0.673. The number of nitriles is 1. The number of aromatic nitrogens is 2. The number of benzene rings is 8. The molecule has 0 N–H and O–H groups in total. The molecule has 0 fully saturated rings. The summed E-state index contributed by atoms with van der Waals surface area (Å²) in [6.45, 7) is 7.50. The molecule has 5 nitrogen and oxygen atoms in total. The fraction of sp³-hybridized carbons (Fsp3) is 0. The molecule has 11 aromatic rings. The Balaban J connectivity index is 1.27. The van der Waals surface area contributed by atoms with Gasteiger partial charge in [0, 0.05) is 38.3 Å². The summed E-state index contributed by atoms with van der Waals surface area (Å²) >= 11 is 0. The molecule has 8 aromatic carbocycles. The summed E-state index contributed by atoms with van der Waals surface area (Å²) < 4.78 is 11.5. The first-order chi connectivity index (χ1) is 27.2. The zero-order valence-electron chi connectivity index (χ0n) is 29.4. The highest BCUT2D eigenvalue weighted by atomic mass is 16.3. The Morgan fingerprint density at radius 3 is 1.85 bits per heavy atom. The van der Waals surface area contributed by atoms with Gasteiger partial charge in [0.15, 0.2) is 5.69 Å². The molecule has 0 aliphatic carbocycles. The highest BCUT2D eigenvalue weighted by Gasteiger charge is 2.24. The molecule has 0 radical (unpaired) electrons. The van der Waals surface area contributed by atoms with Crippen molar-refractivity contribution in [2.45, 2.75) is 0 Å². The molecule has 0 unspecified atom stereocenters. The summed E-state index contributed by atoms with van der Waals surface area (Å²) in [6, 6.07) is 60.9. The fourth-order valence-corrected chi connectivity index (χ4v) is 8.48. The number of hydrogen-bond acceptors (Lipinski definition) is 2. The van der Waals surface area contributed by atoms with Crippen molar-refractivity contribution in [2.75, 3.05) is 0 Å². The molecule has 5 heteroatoms. The first-order valence-corrected chi connectivity index (χ1v) is 18.2. The molecule has 0 spiro atoms. The number of rotatable bonds is 4. The van der Waals surface area contributed by atoms with E-state index in [1.807, 2.05) is 60.7 Å². The Morgan fingerprint density at radius 2 is 1.13 bits per heavy atom. The van der Waals surface area contributed by atoms with Gasteiger partial charge in [-0.1, -0.05) is 91.0 Å². The van der Waals surface area contributed by atoms with Gasteiger partial charge < -0.3 is 13.6 Å².